The van der Waals surface area contributed by atoms with Gasteiger partial charge in [-0.3, -0.25) is 4.79 Å². The first-order valence-corrected chi connectivity index (χ1v) is 8.74. The highest BCUT2D eigenvalue weighted by Gasteiger charge is 2.35. The molecule has 4 nitrogen and oxygen atoms in total. The van der Waals surface area contributed by atoms with Gasteiger partial charge in [-0.15, -0.1) is 0 Å². The highest BCUT2D eigenvalue weighted by atomic mass is 35.5. The number of carbonyl (C=O) groups is 1. The summed E-state index contributed by atoms with van der Waals surface area (Å²) in [5.41, 5.74) is 3.04. The smallest absolute Gasteiger partial charge is 0.243 e. The fourth-order valence-corrected chi connectivity index (χ4v) is 3.57. The Kier molecular flexibility index (Phi) is 5.25. The molecule has 0 spiro atoms. The van der Waals surface area contributed by atoms with E-state index in [2.05, 4.69) is 29.3 Å². The molecule has 0 saturated carbocycles. The van der Waals surface area contributed by atoms with Crippen molar-refractivity contribution in [3.05, 3.63) is 53.6 Å². The summed E-state index contributed by atoms with van der Waals surface area (Å²) < 4.78 is 0. The maximum Gasteiger partial charge on any atom is 0.243 e. The van der Waals surface area contributed by atoms with Crippen LogP contribution >= 0.6 is 11.6 Å². The minimum atomic E-state index is -0.299. The van der Waals surface area contributed by atoms with Crippen molar-refractivity contribution in [1.82, 2.24) is 5.32 Å². The maximum absolute atomic E-state index is 12.5. The number of hydrogen-bond acceptors (Lipinski definition) is 3. The van der Waals surface area contributed by atoms with Gasteiger partial charge in [-0.2, -0.15) is 5.26 Å². The first-order valence-electron chi connectivity index (χ1n) is 8.36. The van der Waals surface area contributed by atoms with Crippen molar-refractivity contribution in [2.45, 2.75) is 19.4 Å². The summed E-state index contributed by atoms with van der Waals surface area (Å²) in [6.45, 7) is 2.91. The zero-order chi connectivity index (χ0) is 17.8. The second kappa shape index (κ2) is 7.58. The van der Waals surface area contributed by atoms with Crippen LogP contribution in [0.3, 0.4) is 0 Å². The molecule has 3 rings (SSSR count). The number of rotatable bonds is 4. The lowest BCUT2D eigenvalue weighted by Gasteiger charge is -2.27. The van der Waals surface area contributed by atoms with Crippen molar-refractivity contribution in [2.24, 2.45) is 5.92 Å². The average molecular weight is 354 g/mol. The van der Waals surface area contributed by atoms with Crippen molar-refractivity contribution < 1.29 is 4.79 Å². The van der Waals surface area contributed by atoms with Crippen molar-refractivity contribution >= 4 is 23.2 Å². The predicted molar refractivity (Wildman–Crippen MR) is 100 cm³/mol. The molecule has 1 N–H and O–H groups in total. The van der Waals surface area contributed by atoms with Crippen LogP contribution in [0, 0.1) is 17.2 Å². The summed E-state index contributed by atoms with van der Waals surface area (Å²) in [7, 11) is 0. The van der Waals surface area contributed by atoms with Crippen LogP contribution in [0.15, 0.2) is 48.5 Å². The van der Waals surface area contributed by atoms with Gasteiger partial charge in [-0.1, -0.05) is 54.9 Å². The van der Waals surface area contributed by atoms with Crippen molar-refractivity contribution in [3.63, 3.8) is 0 Å². The molecule has 128 valence electrons. The molecule has 1 amide bonds. The molecule has 2 aromatic rings. The summed E-state index contributed by atoms with van der Waals surface area (Å²) in [4.78, 5) is 14.5. The number of benzene rings is 2. The Morgan fingerprint density at radius 3 is 2.76 bits per heavy atom. The Bertz CT molecular complexity index is 800. The molecule has 1 aliphatic heterocycles. The largest absolute Gasteiger partial charge is 0.358 e. The fourth-order valence-electron chi connectivity index (χ4n) is 3.35. The van der Waals surface area contributed by atoms with Gasteiger partial charge in [-0.25, -0.2) is 0 Å². The van der Waals surface area contributed by atoms with E-state index in [0.29, 0.717) is 10.9 Å². The minimum absolute atomic E-state index is 0.0232. The molecule has 1 saturated heterocycles. The molecule has 2 atom stereocenters. The summed E-state index contributed by atoms with van der Waals surface area (Å²) in [5.74, 6) is 0.265. The van der Waals surface area contributed by atoms with E-state index in [9.17, 15) is 4.79 Å². The molecule has 1 fully saturated rings. The van der Waals surface area contributed by atoms with Crippen LogP contribution in [0.2, 0.25) is 5.02 Å². The van der Waals surface area contributed by atoms with Gasteiger partial charge in [0.1, 0.15) is 12.6 Å². The Morgan fingerprint density at radius 2 is 2.04 bits per heavy atom. The molecule has 0 unspecified atom stereocenters. The van der Waals surface area contributed by atoms with Crippen LogP contribution < -0.4 is 10.2 Å². The fraction of sp³-hybridized carbons (Fsp3) is 0.300. The Balaban J connectivity index is 1.94. The predicted octanol–water partition coefficient (Wildman–Crippen LogP) is 3.86. The van der Waals surface area contributed by atoms with E-state index in [1.165, 1.54) is 0 Å². The second-order valence-corrected chi connectivity index (χ2v) is 6.82. The topological polar surface area (TPSA) is 56.1 Å². The van der Waals surface area contributed by atoms with Crippen molar-refractivity contribution in [3.8, 4) is 17.2 Å². The van der Waals surface area contributed by atoms with Gasteiger partial charge in [0.25, 0.3) is 0 Å². The molecular weight excluding hydrogens is 334 g/mol. The molecule has 0 radical (unpaired) electrons. The van der Waals surface area contributed by atoms with Gasteiger partial charge in [-0.05, 0) is 35.6 Å². The number of halogens is 1. The van der Waals surface area contributed by atoms with Crippen LogP contribution in [0.25, 0.3) is 11.1 Å². The highest BCUT2D eigenvalue weighted by Crippen LogP contribution is 2.37. The number of nitriles is 1. The number of hydrogen-bond donors (Lipinski definition) is 1. The standard InChI is InChI=1S/C20H20ClN3O/c1-14-11-19(20(25)23-10-9-22)24(13-14)18-12-16(7-8-17(18)21)15-5-3-2-4-6-15/h2-8,12,14,19H,10-11,13H2,1H3,(H,23,25)/t14-,19-/m0/s1. The number of nitrogens with one attached hydrogen (secondary N) is 1. The maximum atomic E-state index is 12.5. The monoisotopic (exact) mass is 353 g/mol. The lowest BCUT2D eigenvalue weighted by molar-refractivity contribution is -0.122. The van der Waals surface area contributed by atoms with Gasteiger partial charge in [0.15, 0.2) is 0 Å². The normalized spacial score (nSPS) is 19.5. The van der Waals surface area contributed by atoms with E-state index in [1.807, 2.05) is 42.5 Å². The Labute approximate surface area is 153 Å². The molecular formula is C20H20ClN3O. The van der Waals surface area contributed by atoms with Gasteiger partial charge in [0.2, 0.25) is 5.91 Å². The van der Waals surface area contributed by atoms with E-state index in [4.69, 9.17) is 16.9 Å². The number of carbonyl (C=O) groups excluding carboxylic acids is 1. The molecule has 25 heavy (non-hydrogen) atoms. The van der Waals surface area contributed by atoms with Crippen LogP contribution in [0.5, 0.6) is 0 Å². The van der Waals surface area contributed by atoms with E-state index in [-0.39, 0.29) is 18.5 Å². The van der Waals surface area contributed by atoms with Crippen molar-refractivity contribution in [1.29, 1.82) is 5.26 Å². The van der Waals surface area contributed by atoms with E-state index < -0.39 is 0 Å². The summed E-state index contributed by atoms with van der Waals surface area (Å²) in [5, 5.41) is 12.0. The summed E-state index contributed by atoms with van der Waals surface area (Å²) in [6.07, 6.45) is 0.753. The first-order chi connectivity index (χ1) is 12.1. The van der Waals surface area contributed by atoms with E-state index >= 15 is 0 Å². The van der Waals surface area contributed by atoms with Gasteiger partial charge < -0.3 is 10.2 Å². The summed E-state index contributed by atoms with van der Waals surface area (Å²) >= 11 is 6.46. The highest BCUT2D eigenvalue weighted by molar-refractivity contribution is 6.33. The van der Waals surface area contributed by atoms with Crippen LogP contribution in [0.1, 0.15) is 13.3 Å². The van der Waals surface area contributed by atoms with E-state index in [0.717, 1.165) is 29.8 Å². The third-order valence-corrected chi connectivity index (χ3v) is 4.84. The molecule has 2 aromatic carbocycles. The Morgan fingerprint density at radius 1 is 1.28 bits per heavy atom. The first kappa shape index (κ1) is 17.3. The molecule has 5 heteroatoms. The van der Waals surface area contributed by atoms with Gasteiger partial charge in [0.05, 0.1) is 16.8 Å². The number of anilines is 1. The third kappa shape index (κ3) is 3.78. The molecule has 0 aliphatic carbocycles. The SMILES string of the molecule is C[C@H]1C[C@@H](C(=O)NCC#N)N(c2cc(-c3ccccc3)ccc2Cl)C1. The minimum Gasteiger partial charge on any atom is -0.358 e. The van der Waals surface area contributed by atoms with Crippen LogP contribution in [-0.2, 0) is 4.79 Å². The second-order valence-electron chi connectivity index (χ2n) is 6.42. The summed E-state index contributed by atoms with van der Waals surface area (Å²) in [6, 6.07) is 17.7. The molecule has 1 heterocycles. The molecule has 0 bridgehead atoms. The van der Waals surface area contributed by atoms with Crippen molar-refractivity contribution in [2.75, 3.05) is 18.0 Å². The van der Waals surface area contributed by atoms with Crippen LogP contribution in [-0.4, -0.2) is 25.0 Å². The number of amides is 1. The quantitative estimate of drug-likeness (QED) is 0.849. The molecule has 0 aromatic heterocycles. The average Bonchev–Trinajstić information content (AvgIpc) is 3.02. The zero-order valence-corrected chi connectivity index (χ0v) is 14.8. The molecule has 1 aliphatic rings. The van der Waals surface area contributed by atoms with E-state index in [1.54, 1.807) is 0 Å². The number of nitrogens with zero attached hydrogens (tertiary/aromatic N) is 2. The van der Waals surface area contributed by atoms with Gasteiger partial charge >= 0.3 is 0 Å². The Hall–Kier alpha value is -2.51. The third-order valence-electron chi connectivity index (χ3n) is 4.52. The van der Waals surface area contributed by atoms with Crippen LogP contribution in [0.4, 0.5) is 5.69 Å². The zero-order valence-electron chi connectivity index (χ0n) is 14.1. The lowest BCUT2D eigenvalue weighted by atomic mass is 10.0. The van der Waals surface area contributed by atoms with Gasteiger partial charge in [0, 0.05) is 6.54 Å². The lowest BCUT2D eigenvalue weighted by Crippen LogP contribution is -2.43.